The van der Waals surface area contributed by atoms with Gasteiger partial charge >= 0.3 is 0 Å². The predicted molar refractivity (Wildman–Crippen MR) is 89.3 cm³/mol. The van der Waals surface area contributed by atoms with Gasteiger partial charge in [0.2, 0.25) is 0 Å². The van der Waals surface area contributed by atoms with Crippen LogP contribution in [-0.4, -0.2) is 23.0 Å². The van der Waals surface area contributed by atoms with Crippen molar-refractivity contribution in [2.75, 3.05) is 4.72 Å². The molecule has 2 aromatic heterocycles. The molecule has 3 rings (SSSR count). The molecule has 0 bridgehead atoms. The van der Waals surface area contributed by atoms with E-state index in [1.165, 1.54) is 29.0 Å². The number of aromatic nitrogens is 3. The van der Waals surface area contributed by atoms with Crippen LogP contribution in [0.15, 0.2) is 41.6 Å². The molecule has 3 aromatic rings. The van der Waals surface area contributed by atoms with Gasteiger partial charge in [-0.15, -0.1) is 0 Å². The van der Waals surface area contributed by atoms with Gasteiger partial charge in [-0.1, -0.05) is 37.6 Å². The number of hydrogen-bond acceptors (Lipinski definition) is 4. The van der Waals surface area contributed by atoms with Gasteiger partial charge in [0.1, 0.15) is 16.7 Å². The molecule has 0 fully saturated rings. The van der Waals surface area contributed by atoms with E-state index >= 15 is 0 Å². The first-order valence-electron chi connectivity index (χ1n) is 7.10. The van der Waals surface area contributed by atoms with Crippen LogP contribution < -0.4 is 4.72 Å². The molecule has 0 saturated carbocycles. The zero-order valence-corrected chi connectivity index (χ0v) is 14.4. The molecular formula is C15H14ClFN4O2S. The Morgan fingerprint density at radius 3 is 2.67 bits per heavy atom. The molecule has 0 atom stereocenters. The third kappa shape index (κ3) is 2.83. The van der Waals surface area contributed by atoms with E-state index in [1.807, 2.05) is 13.8 Å². The van der Waals surface area contributed by atoms with Crippen molar-refractivity contribution in [3.05, 3.63) is 53.2 Å². The van der Waals surface area contributed by atoms with E-state index in [2.05, 4.69) is 14.8 Å². The predicted octanol–water partition coefficient (Wildman–Crippen LogP) is 3.45. The summed E-state index contributed by atoms with van der Waals surface area (Å²) < 4.78 is 43.0. The summed E-state index contributed by atoms with van der Waals surface area (Å²) >= 11 is 5.94. The van der Waals surface area contributed by atoms with Gasteiger partial charge in [-0.3, -0.25) is 4.72 Å². The van der Waals surface area contributed by atoms with Crippen LogP contribution in [0.2, 0.25) is 5.02 Å². The van der Waals surface area contributed by atoms with Crippen molar-refractivity contribution < 1.29 is 12.8 Å². The van der Waals surface area contributed by atoms with E-state index in [9.17, 15) is 12.8 Å². The first-order valence-corrected chi connectivity index (χ1v) is 8.97. The van der Waals surface area contributed by atoms with E-state index in [1.54, 1.807) is 12.1 Å². The van der Waals surface area contributed by atoms with Gasteiger partial charge in [-0.25, -0.2) is 22.3 Å². The molecule has 0 radical (unpaired) electrons. The van der Waals surface area contributed by atoms with Gasteiger partial charge in [0.15, 0.2) is 11.6 Å². The summed E-state index contributed by atoms with van der Waals surface area (Å²) in [6, 6.07) is 7.30. The molecule has 0 unspecified atom stereocenters. The van der Waals surface area contributed by atoms with Crippen LogP contribution in [-0.2, 0) is 10.0 Å². The van der Waals surface area contributed by atoms with Crippen molar-refractivity contribution in [1.82, 2.24) is 14.6 Å². The number of nitrogens with one attached hydrogen (secondary N) is 1. The Hall–Kier alpha value is -2.19. The Morgan fingerprint density at radius 1 is 1.29 bits per heavy atom. The van der Waals surface area contributed by atoms with Gasteiger partial charge in [0.05, 0.1) is 5.02 Å². The van der Waals surface area contributed by atoms with E-state index in [0.29, 0.717) is 5.69 Å². The van der Waals surface area contributed by atoms with Crippen LogP contribution in [0.5, 0.6) is 0 Å². The lowest BCUT2D eigenvalue weighted by atomic mass is 10.1. The molecular weight excluding hydrogens is 355 g/mol. The Balaban J connectivity index is 2.13. The molecule has 6 nitrogen and oxygen atoms in total. The number of sulfonamides is 1. The van der Waals surface area contributed by atoms with Gasteiger partial charge in [0.25, 0.3) is 10.0 Å². The smallest absolute Gasteiger partial charge is 0.261 e. The molecule has 2 heterocycles. The number of rotatable bonds is 4. The van der Waals surface area contributed by atoms with Gasteiger partial charge in [0, 0.05) is 5.69 Å². The van der Waals surface area contributed by atoms with E-state index < -0.39 is 15.8 Å². The summed E-state index contributed by atoms with van der Waals surface area (Å²) in [4.78, 5) is 3.76. The number of hydrogen-bond donors (Lipinski definition) is 1. The molecule has 0 saturated heterocycles. The van der Waals surface area contributed by atoms with Crippen molar-refractivity contribution in [3.8, 4) is 0 Å². The maximum atomic E-state index is 14.3. The molecule has 0 amide bonds. The Labute approximate surface area is 143 Å². The fourth-order valence-corrected chi connectivity index (χ4v) is 3.89. The molecule has 0 aliphatic carbocycles. The largest absolute Gasteiger partial charge is 0.264 e. The van der Waals surface area contributed by atoms with Crippen molar-refractivity contribution in [1.29, 1.82) is 0 Å². The summed E-state index contributed by atoms with van der Waals surface area (Å²) in [5.74, 6) is -0.740. The lowest BCUT2D eigenvalue weighted by molar-refractivity contribution is 0.601. The molecule has 0 aliphatic heterocycles. The van der Waals surface area contributed by atoms with Gasteiger partial charge < -0.3 is 0 Å². The minimum atomic E-state index is -4.02. The average molecular weight is 369 g/mol. The van der Waals surface area contributed by atoms with E-state index in [-0.39, 0.29) is 27.2 Å². The lowest BCUT2D eigenvalue weighted by Crippen LogP contribution is -2.16. The van der Waals surface area contributed by atoms with Crippen molar-refractivity contribution >= 4 is 33.0 Å². The van der Waals surface area contributed by atoms with Gasteiger partial charge in [-0.05, 0) is 24.1 Å². The Kier molecular flexibility index (Phi) is 4.18. The number of fused-ring (bicyclic) bond motifs is 1. The zero-order valence-electron chi connectivity index (χ0n) is 12.9. The highest BCUT2D eigenvalue weighted by Gasteiger charge is 2.23. The topological polar surface area (TPSA) is 76.4 Å². The average Bonchev–Trinajstić information content (AvgIpc) is 2.86. The third-order valence-electron chi connectivity index (χ3n) is 3.48. The number of halogens is 2. The van der Waals surface area contributed by atoms with Crippen molar-refractivity contribution in [3.63, 3.8) is 0 Å². The van der Waals surface area contributed by atoms with Crippen molar-refractivity contribution in [2.45, 2.75) is 24.7 Å². The SMILES string of the molecule is CC(C)c1cc(F)c2c(NS(=O)(=O)c3ccccc3Cl)ncnn12. The summed E-state index contributed by atoms with van der Waals surface area (Å²) in [5.41, 5.74) is 0.583. The maximum Gasteiger partial charge on any atom is 0.264 e. The fourth-order valence-electron chi connectivity index (χ4n) is 2.35. The highest BCUT2D eigenvalue weighted by atomic mass is 35.5. The summed E-state index contributed by atoms with van der Waals surface area (Å²) in [5, 5.41) is 4.07. The van der Waals surface area contributed by atoms with Crippen molar-refractivity contribution in [2.24, 2.45) is 0 Å². The van der Waals surface area contributed by atoms with Crippen LogP contribution in [0, 0.1) is 5.82 Å². The Bertz CT molecular complexity index is 1020. The highest BCUT2D eigenvalue weighted by Crippen LogP contribution is 2.28. The number of anilines is 1. The van der Waals surface area contributed by atoms with Crippen LogP contribution in [0.3, 0.4) is 0 Å². The number of nitrogens with zero attached hydrogens (tertiary/aromatic N) is 3. The minimum Gasteiger partial charge on any atom is -0.261 e. The molecule has 0 aliphatic rings. The normalized spacial score (nSPS) is 12.0. The molecule has 24 heavy (non-hydrogen) atoms. The summed E-state index contributed by atoms with van der Waals surface area (Å²) in [6.07, 6.45) is 1.17. The molecule has 126 valence electrons. The minimum absolute atomic E-state index is 0.00456. The van der Waals surface area contributed by atoms with Gasteiger partial charge in [-0.2, -0.15) is 5.10 Å². The lowest BCUT2D eigenvalue weighted by Gasteiger charge is -2.10. The quantitative estimate of drug-likeness (QED) is 0.765. The molecule has 9 heteroatoms. The summed E-state index contributed by atoms with van der Waals surface area (Å²) in [6.45, 7) is 3.77. The first kappa shape index (κ1) is 16.7. The second-order valence-corrected chi connectivity index (χ2v) is 7.53. The fraction of sp³-hybridized carbons (Fsp3) is 0.200. The molecule has 0 spiro atoms. The van der Waals surface area contributed by atoms with Crippen LogP contribution in [0.4, 0.5) is 10.2 Å². The second kappa shape index (κ2) is 6.03. The second-order valence-electron chi connectivity index (χ2n) is 5.48. The first-order chi connectivity index (χ1) is 11.3. The summed E-state index contributed by atoms with van der Waals surface area (Å²) in [7, 11) is -4.02. The monoisotopic (exact) mass is 368 g/mol. The van der Waals surface area contributed by atoms with Crippen LogP contribution >= 0.6 is 11.6 Å². The van der Waals surface area contributed by atoms with Crippen LogP contribution in [0.1, 0.15) is 25.5 Å². The standard InChI is InChI=1S/C15H14ClFN4O2S/c1-9(2)12-7-11(17)14-15(18-8-19-21(12)14)20-24(22,23)13-6-4-3-5-10(13)16/h3-9H,1-2H3,(H,18,19,20). The highest BCUT2D eigenvalue weighted by molar-refractivity contribution is 7.92. The molecule has 1 aromatic carbocycles. The van der Waals surface area contributed by atoms with Crippen LogP contribution in [0.25, 0.3) is 5.52 Å². The zero-order chi connectivity index (χ0) is 17.5. The molecule has 1 N–H and O–H groups in total. The number of benzene rings is 1. The third-order valence-corrected chi connectivity index (χ3v) is 5.32. The Morgan fingerprint density at radius 2 is 2.00 bits per heavy atom. The van der Waals surface area contributed by atoms with E-state index in [4.69, 9.17) is 11.6 Å². The maximum absolute atomic E-state index is 14.3. The van der Waals surface area contributed by atoms with E-state index in [0.717, 1.165) is 0 Å².